The van der Waals surface area contributed by atoms with Crippen molar-refractivity contribution in [2.75, 3.05) is 18.0 Å². The van der Waals surface area contributed by atoms with Crippen LogP contribution in [-0.4, -0.2) is 23.1 Å². The summed E-state index contributed by atoms with van der Waals surface area (Å²) in [4.78, 5) is 22.9. The molecule has 27 heavy (non-hydrogen) atoms. The summed E-state index contributed by atoms with van der Waals surface area (Å²) in [6, 6.07) is 11.8. The summed E-state index contributed by atoms with van der Waals surface area (Å²) in [5.74, 6) is 0.657. The number of unbranched alkanes of at least 4 members (excludes halogenated alkanes) is 2. The van der Waals surface area contributed by atoms with Crippen LogP contribution in [0.3, 0.4) is 0 Å². The van der Waals surface area contributed by atoms with Gasteiger partial charge >= 0.3 is 0 Å². The maximum Gasteiger partial charge on any atom is 0.263 e. The van der Waals surface area contributed by atoms with Crippen molar-refractivity contribution in [1.82, 2.24) is 9.97 Å². The van der Waals surface area contributed by atoms with Crippen LogP contribution in [0.1, 0.15) is 39.5 Å². The predicted octanol–water partition coefficient (Wildman–Crippen LogP) is 5.23. The lowest BCUT2D eigenvalue weighted by molar-refractivity contribution is 0.662. The van der Waals surface area contributed by atoms with Crippen molar-refractivity contribution >= 4 is 38.8 Å². The number of H-pyrrole nitrogens is 1. The van der Waals surface area contributed by atoms with Gasteiger partial charge < -0.3 is 9.32 Å². The SMILES string of the molecule is CCCCN(CCCC)c1nc2ccc3c4ccccc4oc3c2c(=O)[nH]1. The van der Waals surface area contributed by atoms with Crippen molar-refractivity contribution in [3.63, 3.8) is 0 Å². The van der Waals surface area contributed by atoms with Crippen molar-refractivity contribution in [1.29, 1.82) is 0 Å². The molecule has 2 aromatic carbocycles. The third kappa shape index (κ3) is 3.18. The fourth-order valence-electron chi connectivity index (χ4n) is 3.57. The van der Waals surface area contributed by atoms with Gasteiger partial charge in [-0.2, -0.15) is 0 Å². The van der Waals surface area contributed by atoms with Crippen molar-refractivity contribution in [2.45, 2.75) is 39.5 Å². The lowest BCUT2D eigenvalue weighted by Crippen LogP contribution is -2.29. The topological polar surface area (TPSA) is 62.1 Å². The molecule has 1 N–H and O–H groups in total. The predicted molar refractivity (Wildman–Crippen MR) is 112 cm³/mol. The highest BCUT2D eigenvalue weighted by Crippen LogP contribution is 2.32. The number of para-hydroxylation sites is 1. The summed E-state index contributed by atoms with van der Waals surface area (Å²) in [6.07, 6.45) is 4.38. The Morgan fingerprint density at radius 2 is 1.74 bits per heavy atom. The summed E-state index contributed by atoms with van der Waals surface area (Å²) >= 11 is 0. The number of fused-ring (bicyclic) bond motifs is 5. The van der Waals surface area contributed by atoms with E-state index in [4.69, 9.17) is 9.40 Å². The van der Waals surface area contributed by atoms with Crippen LogP contribution in [0.2, 0.25) is 0 Å². The van der Waals surface area contributed by atoms with Crippen LogP contribution >= 0.6 is 0 Å². The van der Waals surface area contributed by atoms with Crippen LogP contribution in [0, 0.1) is 0 Å². The molecule has 0 aliphatic carbocycles. The fourth-order valence-corrected chi connectivity index (χ4v) is 3.57. The van der Waals surface area contributed by atoms with E-state index in [0.29, 0.717) is 22.4 Å². The van der Waals surface area contributed by atoms with Gasteiger partial charge in [-0.1, -0.05) is 44.9 Å². The minimum absolute atomic E-state index is 0.141. The molecule has 4 rings (SSSR count). The number of hydrogen-bond acceptors (Lipinski definition) is 4. The molecule has 0 aliphatic heterocycles. The van der Waals surface area contributed by atoms with Gasteiger partial charge in [-0.25, -0.2) is 4.98 Å². The molecule has 0 saturated heterocycles. The average Bonchev–Trinajstić information content (AvgIpc) is 3.06. The van der Waals surface area contributed by atoms with Crippen molar-refractivity contribution in [2.24, 2.45) is 0 Å². The molecule has 0 saturated carbocycles. The van der Waals surface area contributed by atoms with Gasteiger partial charge in [-0.3, -0.25) is 9.78 Å². The fraction of sp³-hybridized carbons (Fsp3) is 0.364. The zero-order chi connectivity index (χ0) is 18.8. The molecule has 5 nitrogen and oxygen atoms in total. The molecule has 0 aliphatic rings. The van der Waals surface area contributed by atoms with Crippen LogP contribution in [0.4, 0.5) is 5.95 Å². The summed E-state index contributed by atoms with van der Waals surface area (Å²) in [5.41, 5.74) is 1.94. The number of anilines is 1. The first-order chi connectivity index (χ1) is 13.2. The summed E-state index contributed by atoms with van der Waals surface area (Å²) in [5, 5.41) is 2.50. The lowest BCUT2D eigenvalue weighted by Gasteiger charge is -2.23. The Balaban J connectivity index is 1.87. The molecule has 2 heterocycles. The van der Waals surface area contributed by atoms with Crippen LogP contribution in [-0.2, 0) is 0 Å². The molecule has 0 spiro atoms. The lowest BCUT2D eigenvalue weighted by atomic mass is 10.1. The van der Waals surface area contributed by atoms with E-state index in [1.165, 1.54) is 0 Å². The van der Waals surface area contributed by atoms with Gasteiger partial charge in [0.05, 0.1) is 5.52 Å². The third-order valence-electron chi connectivity index (χ3n) is 5.07. The number of nitrogens with zero attached hydrogens (tertiary/aromatic N) is 2. The Labute approximate surface area is 158 Å². The minimum atomic E-state index is -0.141. The molecule has 140 valence electrons. The van der Waals surface area contributed by atoms with Gasteiger partial charge in [0.25, 0.3) is 5.56 Å². The van der Waals surface area contributed by atoms with Crippen LogP contribution in [0.25, 0.3) is 32.8 Å². The van der Waals surface area contributed by atoms with E-state index in [1.54, 1.807) is 0 Å². The number of furan rings is 1. The van der Waals surface area contributed by atoms with Crippen molar-refractivity contribution < 1.29 is 4.42 Å². The highest BCUT2D eigenvalue weighted by atomic mass is 16.3. The van der Waals surface area contributed by atoms with Gasteiger partial charge in [0.15, 0.2) is 0 Å². The molecule has 0 unspecified atom stereocenters. The van der Waals surface area contributed by atoms with Crippen LogP contribution < -0.4 is 10.5 Å². The molecular formula is C22H25N3O2. The molecule has 0 atom stereocenters. The van der Waals surface area contributed by atoms with Gasteiger partial charge in [0.1, 0.15) is 16.6 Å². The van der Waals surface area contributed by atoms with E-state index >= 15 is 0 Å². The highest BCUT2D eigenvalue weighted by Gasteiger charge is 2.16. The van der Waals surface area contributed by atoms with Gasteiger partial charge in [-0.05, 0) is 31.0 Å². The maximum atomic E-state index is 13.0. The second-order valence-electron chi connectivity index (χ2n) is 7.02. The number of nitrogens with one attached hydrogen (secondary N) is 1. The quantitative estimate of drug-likeness (QED) is 0.488. The Bertz CT molecular complexity index is 1130. The van der Waals surface area contributed by atoms with E-state index in [9.17, 15) is 4.79 Å². The van der Waals surface area contributed by atoms with E-state index in [1.807, 2.05) is 36.4 Å². The summed E-state index contributed by atoms with van der Waals surface area (Å²) in [6.45, 7) is 6.15. The Morgan fingerprint density at radius 1 is 1.00 bits per heavy atom. The summed E-state index contributed by atoms with van der Waals surface area (Å²) < 4.78 is 6.00. The molecular weight excluding hydrogens is 338 g/mol. The van der Waals surface area contributed by atoms with E-state index in [2.05, 4.69) is 23.7 Å². The maximum absolute atomic E-state index is 13.0. The third-order valence-corrected chi connectivity index (χ3v) is 5.07. The number of benzene rings is 2. The molecule has 2 aromatic heterocycles. The average molecular weight is 363 g/mol. The minimum Gasteiger partial charge on any atom is -0.455 e. The normalized spacial score (nSPS) is 11.6. The first-order valence-corrected chi connectivity index (χ1v) is 9.82. The zero-order valence-electron chi connectivity index (χ0n) is 15.9. The number of aromatic amines is 1. The van der Waals surface area contributed by atoms with Crippen LogP contribution in [0.15, 0.2) is 45.6 Å². The first-order valence-electron chi connectivity index (χ1n) is 9.82. The van der Waals surface area contributed by atoms with Crippen molar-refractivity contribution in [3.05, 3.63) is 46.8 Å². The molecule has 5 heteroatoms. The first kappa shape index (κ1) is 17.6. The largest absolute Gasteiger partial charge is 0.455 e. The van der Waals surface area contributed by atoms with Gasteiger partial charge in [0.2, 0.25) is 5.95 Å². The monoisotopic (exact) mass is 363 g/mol. The number of hydrogen-bond donors (Lipinski definition) is 1. The second kappa shape index (κ2) is 7.43. The Hall–Kier alpha value is -2.82. The van der Waals surface area contributed by atoms with Gasteiger partial charge in [-0.15, -0.1) is 0 Å². The number of aromatic nitrogens is 2. The van der Waals surface area contributed by atoms with Crippen molar-refractivity contribution in [3.8, 4) is 0 Å². The number of rotatable bonds is 7. The van der Waals surface area contributed by atoms with E-state index in [-0.39, 0.29) is 5.56 Å². The Morgan fingerprint density at radius 3 is 2.48 bits per heavy atom. The Kier molecular flexibility index (Phi) is 4.84. The molecule has 0 bridgehead atoms. The van der Waals surface area contributed by atoms with E-state index in [0.717, 1.165) is 55.1 Å². The van der Waals surface area contributed by atoms with Crippen LogP contribution in [0.5, 0.6) is 0 Å². The molecule has 0 radical (unpaired) electrons. The summed E-state index contributed by atoms with van der Waals surface area (Å²) in [7, 11) is 0. The second-order valence-corrected chi connectivity index (χ2v) is 7.02. The molecule has 4 aromatic rings. The van der Waals surface area contributed by atoms with E-state index < -0.39 is 0 Å². The highest BCUT2D eigenvalue weighted by molar-refractivity contribution is 6.14. The standard InChI is InChI=1S/C22H25N3O2/c1-3-5-13-25(14-6-4-2)22-23-17-12-11-16-15-9-7-8-10-18(15)27-20(16)19(17)21(26)24-22/h7-12H,3-6,13-14H2,1-2H3,(H,23,24,26). The zero-order valence-corrected chi connectivity index (χ0v) is 15.9. The van der Waals surface area contributed by atoms with Gasteiger partial charge in [0, 0.05) is 23.9 Å². The smallest absolute Gasteiger partial charge is 0.263 e. The molecule has 0 fully saturated rings. The molecule has 0 amide bonds.